The first-order valence-electron chi connectivity index (χ1n) is 3.64. The van der Waals surface area contributed by atoms with Gasteiger partial charge in [-0.1, -0.05) is 0 Å². The van der Waals surface area contributed by atoms with E-state index in [1.54, 1.807) is 5.38 Å². The summed E-state index contributed by atoms with van der Waals surface area (Å²) in [6.07, 6.45) is 0.728. The number of carboxylic acid groups (broad SMARTS) is 1. The first-order chi connectivity index (χ1) is 5.72. The number of hydrogen-bond acceptors (Lipinski definition) is 4. The molecule has 0 aliphatic heterocycles. The van der Waals surface area contributed by atoms with Gasteiger partial charge in [0.05, 0.1) is 17.2 Å². The molecule has 0 aliphatic rings. The van der Waals surface area contributed by atoms with Gasteiger partial charge in [-0.15, -0.1) is 11.3 Å². The summed E-state index contributed by atoms with van der Waals surface area (Å²) in [5.74, 6) is -1.08. The summed E-state index contributed by atoms with van der Waals surface area (Å²) < 4.78 is 0. The number of carbonyl (C=O) groups is 1. The third-order valence-electron chi connectivity index (χ3n) is 1.32. The molecule has 1 aromatic rings. The fraction of sp³-hybridized carbons (Fsp3) is 0.429. The molecule has 0 fully saturated rings. The summed E-state index contributed by atoms with van der Waals surface area (Å²) in [5.41, 5.74) is 4.28. The zero-order valence-corrected chi connectivity index (χ0v) is 7.39. The summed E-state index contributed by atoms with van der Waals surface area (Å²) in [4.78, 5) is 14.3. The van der Waals surface area contributed by atoms with Gasteiger partial charge in [0.25, 0.3) is 0 Å². The highest BCUT2D eigenvalue weighted by Crippen LogP contribution is 2.09. The predicted octanol–water partition coefficient (Wildman–Crippen LogP) is -1.78. The molecule has 5 heteroatoms. The molecule has 1 rings (SSSR count). The molecule has 0 amide bonds. The lowest BCUT2D eigenvalue weighted by molar-refractivity contribution is -0.366. The number of hydrogen-bond donors (Lipinski definition) is 1. The van der Waals surface area contributed by atoms with Crippen molar-refractivity contribution in [2.75, 3.05) is 6.54 Å². The largest absolute Gasteiger partial charge is 0.550 e. The lowest BCUT2D eigenvalue weighted by Gasteiger charge is -1.95. The standard InChI is InChI=1S/C7H10N2O2S/c8-2-1-6-9-5(4-12-6)3-7(10)11/h4H,1-3,8H2,(H,10,11). The smallest absolute Gasteiger partial charge is 0.0984 e. The van der Waals surface area contributed by atoms with Crippen LogP contribution in [-0.2, 0) is 17.6 Å². The van der Waals surface area contributed by atoms with Gasteiger partial charge >= 0.3 is 0 Å². The predicted molar refractivity (Wildman–Crippen MR) is 42.3 cm³/mol. The Hall–Kier alpha value is -0.940. The first kappa shape index (κ1) is 9.15. The van der Waals surface area contributed by atoms with E-state index in [0.29, 0.717) is 5.69 Å². The van der Waals surface area contributed by atoms with Crippen LogP contribution < -0.4 is 10.8 Å². The van der Waals surface area contributed by atoms with E-state index in [-0.39, 0.29) is 6.42 Å². The summed E-state index contributed by atoms with van der Waals surface area (Å²) in [6, 6.07) is 0. The first-order valence-corrected chi connectivity index (χ1v) is 4.52. The Morgan fingerprint density at radius 1 is 1.75 bits per heavy atom. The lowest BCUT2D eigenvalue weighted by atomic mass is 10.3. The van der Waals surface area contributed by atoms with Crippen molar-refractivity contribution in [3.63, 3.8) is 0 Å². The fourth-order valence-electron chi connectivity index (χ4n) is 0.844. The zero-order valence-electron chi connectivity index (χ0n) is 6.58. The van der Waals surface area contributed by atoms with Crippen LogP contribution in [0.25, 0.3) is 0 Å². The van der Waals surface area contributed by atoms with Crippen molar-refractivity contribution in [1.29, 1.82) is 0 Å². The lowest BCUT2D eigenvalue weighted by Crippen LogP contribution is -2.51. The Labute approximate surface area is 74.0 Å². The Morgan fingerprint density at radius 2 is 2.50 bits per heavy atom. The molecule has 1 aromatic heterocycles. The van der Waals surface area contributed by atoms with Crippen LogP contribution in [0.5, 0.6) is 0 Å². The SMILES string of the molecule is [NH3+]CCc1nc(CC(=O)[O-])cs1. The highest BCUT2D eigenvalue weighted by Gasteiger charge is 2.01. The van der Waals surface area contributed by atoms with Gasteiger partial charge in [0.15, 0.2) is 0 Å². The van der Waals surface area contributed by atoms with Crippen LogP contribution in [0.4, 0.5) is 0 Å². The van der Waals surface area contributed by atoms with Crippen molar-refractivity contribution in [2.45, 2.75) is 12.8 Å². The Bertz CT molecular complexity index is 272. The Morgan fingerprint density at radius 3 is 3.08 bits per heavy atom. The van der Waals surface area contributed by atoms with E-state index in [1.807, 2.05) is 0 Å². The molecule has 0 aliphatic carbocycles. The van der Waals surface area contributed by atoms with Crippen LogP contribution in [0.1, 0.15) is 10.7 Å². The average Bonchev–Trinajstić information content (AvgIpc) is 2.36. The van der Waals surface area contributed by atoms with Crippen molar-refractivity contribution < 1.29 is 15.6 Å². The van der Waals surface area contributed by atoms with E-state index in [2.05, 4.69) is 10.7 Å². The number of rotatable bonds is 4. The van der Waals surface area contributed by atoms with Crippen molar-refractivity contribution in [1.82, 2.24) is 4.98 Å². The second-order valence-corrected chi connectivity index (χ2v) is 3.33. The Kier molecular flexibility index (Phi) is 3.19. The number of aromatic nitrogens is 1. The highest BCUT2D eigenvalue weighted by atomic mass is 32.1. The van der Waals surface area contributed by atoms with Crippen LogP contribution in [0, 0.1) is 0 Å². The zero-order chi connectivity index (χ0) is 8.97. The minimum atomic E-state index is -1.08. The van der Waals surface area contributed by atoms with Crippen LogP contribution in [0.15, 0.2) is 5.38 Å². The van der Waals surface area contributed by atoms with Crippen LogP contribution in [0.3, 0.4) is 0 Å². The molecule has 0 radical (unpaired) electrons. The molecule has 0 aromatic carbocycles. The molecule has 0 bridgehead atoms. The van der Waals surface area contributed by atoms with Crippen molar-refractivity contribution in [3.8, 4) is 0 Å². The molecular weight excluding hydrogens is 176 g/mol. The van der Waals surface area contributed by atoms with E-state index < -0.39 is 5.97 Å². The van der Waals surface area contributed by atoms with E-state index >= 15 is 0 Å². The summed E-state index contributed by atoms with van der Waals surface area (Å²) in [7, 11) is 0. The number of quaternary nitrogens is 1. The van der Waals surface area contributed by atoms with Crippen molar-refractivity contribution in [2.24, 2.45) is 0 Å². The monoisotopic (exact) mass is 186 g/mol. The number of carboxylic acids is 1. The van der Waals surface area contributed by atoms with E-state index in [9.17, 15) is 9.90 Å². The molecule has 0 saturated heterocycles. The molecule has 12 heavy (non-hydrogen) atoms. The number of aliphatic carboxylic acids is 1. The van der Waals surface area contributed by atoms with Gasteiger partial charge in [-0.2, -0.15) is 0 Å². The molecule has 0 spiro atoms. The molecule has 1 heterocycles. The molecule has 0 unspecified atom stereocenters. The van der Waals surface area contributed by atoms with Crippen molar-refractivity contribution in [3.05, 3.63) is 16.1 Å². The fourth-order valence-corrected chi connectivity index (χ4v) is 1.68. The van der Waals surface area contributed by atoms with Gasteiger partial charge < -0.3 is 15.6 Å². The topological polar surface area (TPSA) is 80.7 Å². The third kappa shape index (κ3) is 2.60. The minimum Gasteiger partial charge on any atom is -0.550 e. The van der Waals surface area contributed by atoms with Crippen LogP contribution in [0.2, 0.25) is 0 Å². The minimum absolute atomic E-state index is 0.0896. The van der Waals surface area contributed by atoms with Crippen LogP contribution in [-0.4, -0.2) is 17.5 Å². The van der Waals surface area contributed by atoms with Gasteiger partial charge in [-0.3, -0.25) is 0 Å². The maximum Gasteiger partial charge on any atom is 0.0984 e. The van der Waals surface area contributed by atoms with Gasteiger partial charge in [0.1, 0.15) is 0 Å². The average molecular weight is 186 g/mol. The van der Waals surface area contributed by atoms with E-state index in [0.717, 1.165) is 18.0 Å². The molecule has 0 saturated carbocycles. The summed E-state index contributed by atoms with van der Waals surface area (Å²) in [6.45, 7) is 0.790. The third-order valence-corrected chi connectivity index (χ3v) is 2.27. The van der Waals surface area contributed by atoms with Crippen molar-refractivity contribution >= 4 is 17.3 Å². The van der Waals surface area contributed by atoms with Gasteiger partial charge in [-0.25, -0.2) is 4.98 Å². The summed E-state index contributed by atoms with van der Waals surface area (Å²) in [5, 5.41) is 12.9. The molecule has 4 nitrogen and oxygen atoms in total. The van der Waals surface area contributed by atoms with Gasteiger partial charge in [-0.05, 0) is 0 Å². The molecule has 66 valence electrons. The second-order valence-electron chi connectivity index (χ2n) is 2.38. The highest BCUT2D eigenvalue weighted by molar-refractivity contribution is 7.09. The number of nitrogens with zero attached hydrogens (tertiary/aromatic N) is 1. The second kappa shape index (κ2) is 4.18. The van der Waals surface area contributed by atoms with Gasteiger partial charge in [0, 0.05) is 24.2 Å². The Balaban J connectivity index is 2.58. The number of thiazole rings is 1. The normalized spacial score (nSPS) is 10.1. The maximum atomic E-state index is 10.2. The number of carbonyl (C=O) groups excluding carboxylic acids is 1. The molecule has 3 N–H and O–H groups in total. The van der Waals surface area contributed by atoms with E-state index in [1.165, 1.54) is 11.3 Å². The van der Waals surface area contributed by atoms with Gasteiger partial charge in [0.2, 0.25) is 0 Å². The maximum absolute atomic E-state index is 10.2. The summed E-state index contributed by atoms with van der Waals surface area (Å²) >= 11 is 1.47. The molecular formula is C7H10N2O2S. The van der Waals surface area contributed by atoms with E-state index in [4.69, 9.17) is 0 Å². The quantitative estimate of drug-likeness (QED) is 0.603. The van der Waals surface area contributed by atoms with Crippen LogP contribution >= 0.6 is 11.3 Å². The molecule has 0 atom stereocenters.